The summed E-state index contributed by atoms with van der Waals surface area (Å²) in [5.74, 6) is 0. The van der Waals surface area contributed by atoms with Crippen molar-refractivity contribution in [2.24, 2.45) is 5.73 Å². The van der Waals surface area contributed by atoms with E-state index in [2.05, 4.69) is 10.3 Å². The Bertz CT molecular complexity index is 451. The Kier molecular flexibility index (Phi) is 3.54. The van der Waals surface area contributed by atoms with Crippen molar-refractivity contribution in [2.75, 3.05) is 11.9 Å². The highest BCUT2D eigenvalue weighted by Crippen LogP contribution is 2.25. The van der Waals surface area contributed by atoms with E-state index in [4.69, 9.17) is 5.73 Å². The van der Waals surface area contributed by atoms with E-state index in [1.165, 1.54) is 4.88 Å². The third-order valence-corrected chi connectivity index (χ3v) is 3.42. The van der Waals surface area contributed by atoms with Gasteiger partial charge in [0.25, 0.3) is 0 Å². The van der Waals surface area contributed by atoms with Gasteiger partial charge in [-0.1, -0.05) is 18.2 Å². The minimum Gasteiger partial charge on any atom is -0.332 e. The Hall–Kier alpha value is -1.39. The monoisotopic (exact) mass is 233 g/mol. The molecule has 2 aromatic rings. The van der Waals surface area contributed by atoms with Crippen molar-refractivity contribution in [1.29, 1.82) is 0 Å². The highest BCUT2D eigenvalue weighted by Gasteiger charge is 2.06. The molecular weight excluding hydrogens is 218 g/mol. The average Bonchev–Trinajstić information content (AvgIpc) is 2.61. The lowest BCUT2D eigenvalue weighted by Crippen LogP contribution is -2.01. The van der Waals surface area contributed by atoms with Gasteiger partial charge in [-0.15, -0.1) is 11.3 Å². The molecule has 0 saturated heterocycles. The van der Waals surface area contributed by atoms with Crippen LogP contribution >= 0.6 is 11.3 Å². The summed E-state index contributed by atoms with van der Waals surface area (Å²) in [5.41, 5.74) is 7.69. The van der Waals surface area contributed by atoms with Gasteiger partial charge in [-0.25, -0.2) is 4.98 Å². The number of aryl methyl sites for hydroxylation is 1. The minimum atomic E-state index is 0.674. The number of aromatic nitrogens is 1. The van der Waals surface area contributed by atoms with Crippen LogP contribution in [0, 0.1) is 6.92 Å². The normalized spacial score (nSPS) is 10.4. The molecule has 0 radical (unpaired) electrons. The zero-order chi connectivity index (χ0) is 11.4. The molecule has 0 bridgehead atoms. The van der Waals surface area contributed by atoms with Gasteiger partial charge in [0.2, 0.25) is 0 Å². The first kappa shape index (κ1) is 11.1. The van der Waals surface area contributed by atoms with Crippen molar-refractivity contribution in [3.8, 4) is 0 Å². The highest BCUT2D eigenvalue weighted by atomic mass is 32.1. The average molecular weight is 233 g/mol. The molecule has 1 aromatic heterocycles. The number of benzene rings is 1. The summed E-state index contributed by atoms with van der Waals surface area (Å²) in [6.45, 7) is 2.70. The van der Waals surface area contributed by atoms with Crippen LogP contribution in [0.1, 0.15) is 10.6 Å². The first-order valence-electron chi connectivity index (χ1n) is 5.28. The van der Waals surface area contributed by atoms with Gasteiger partial charge in [0, 0.05) is 10.6 Å². The van der Waals surface area contributed by atoms with E-state index >= 15 is 0 Å². The number of nitrogens with one attached hydrogen (secondary N) is 1. The Labute approximate surface area is 99.3 Å². The van der Waals surface area contributed by atoms with Crippen LogP contribution in [0.4, 0.5) is 10.8 Å². The first-order chi connectivity index (χ1) is 7.79. The van der Waals surface area contributed by atoms with Crippen LogP contribution in [-0.2, 0) is 6.42 Å². The van der Waals surface area contributed by atoms with Gasteiger partial charge in [-0.05, 0) is 32.0 Å². The maximum Gasteiger partial charge on any atom is 0.187 e. The molecule has 0 aliphatic heterocycles. The maximum atomic E-state index is 5.55. The molecule has 0 aliphatic carbocycles. The molecule has 0 saturated carbocycles. The van der Waals surface area contributed by atoms with E-state index in [9.17, 15) is 0 Å². The summed E-state index contributed by atoms with van der Waals surface area (Å²) in [4.78, 5) is 5.74. The Morgan fingerprint density at radius 3 is 2.75 bits per heavy atom. The van der Waals surface area contributed by atoms with E-state index in [0.717, 1.165) is 22.9 Å². The van der Waals surface area contributed by atoms with Gasteiger partial charge < -0.3 is 11.1 Å². The third kappa shape index (κ3) is 2.59. The molecule has 0 amide bonds. The van der Waals surface area contributed by atoms with Gasteiger partial charge in [-0.2, -0.15) is 0 Å². The topological polar surface area (TPSA) is 50.9 Å². The van der Waals surface area contributed by atoms with Crippen molar-refractivity contribution in [1.82, 2.24) is 4.98 Å². The lowest BCUT2D eigenvalue weighted by Gasteiger charge is -2.00. The third-order valence-electron chi connectivity index (χ3n) is 2.29. The molecular formula is C12H15N3S. The van der Waals surface area contributed by atoms with Gasteiger partial charge in [0.1, 0.15) is 0 Å². The lowest BCUT2D eigenvalue weighted by atomic mass is 10.3. The molecule has 0 unspecified atom stereocenters. The Morgan fingerprint density at radius 1 is 1.31 bits per heavy atom. The number of hydrogen-bond acceptors (Lipinski definition) is 4. The number of hydrogen-bond donors (Lipinski definition) is 2. The van der Waals surface area contributed by atoms with E-state index in [0.29, 0.717) is 6.54 Å². The van der Waals surface area contributed by atoms with E-state index < -0.39 is 0 Å². The van der Waals surface area contributed by atoms with Crippen molar-refractivity contribution in [2.45, 2.75) is 13.3 Å². The fourth-order valence-electron chi connectivity index (χ4n) is 1.49. The van der Waals surface area contributed by atoms with Crippen molar-refractivity contribution in [3.05, 3.63) is 40.9 Å². The number of nitrogens with two attached hydrogens (primary N) is 1. The second-order valence-electron chi connectivity index (χ2n) is 3.56. The van der Waals surface area contributed by atoms with Gasteiger partial charge >= 0.3 is 0 Å². The van der Waals surface area contributed by atoms with Crippen molar-refractivity contribution < 1.29 is 0 Å². The maximum absolute atomic E-state index is 5.55. The molecule has 0 spiro atoms. The molecule has 16 heavy (non-hydrogen) atoms. The van der Waals surface area contributed by atoms with Crippen LogP contribution in [0.15, 0.2) is 30.3 Å². The van der Waals surface area contributed by atoms with E-state index in [-0.39, 0.29) is 0 Å². The summed E-state index contributed by atoms with van der Waals surface area (Å²) >= 11 is 1.68. The largest absolute Gasteiger partial charge is 0.332 e. The fourth-order valence-corrected chi connectivity index (χ4v) is 2.49. The fraction of sp³-hybridized carbons (Fsp3) is 0.250. The minimum absolute atomic E-state index is 0.674. The molecule has 84 valence electrons. The second-order valence-corrected chi connectivity index (χ2v) is 4.64. The van der Waals surface area contributed by atoms with Crippen molar-refractivity contribution in [3.63, 3.8) is 0 Å². The Morgan fingerprint density at radius 2 is 2.06 bits per heavy atom. The van der Waals surface area contributed by atoms with Crippen LogP contribution in [0.25, 0.3) is 0 Å². The molecule has 2 rings (SSSR count). The predicted octanol–water partition coefficient (Wildman–Crippen LogP) is 2.70. The van der Waals surface area contributed by atoms with E-state index in [1.54, 1.807) is 11.3 Å². The molecule has 0 aliphatic rings. The van der Waals surface area contributed by atoms with Gasteiger partial charge in [0.05, 0.1) is 5.69 Å². The number of para-hydroxylation sites is 1. The van der Waals surface area contributed by atoms with Gasteiger partial charge in [0.15, 0.2) is 5.13 Å². The molecule has 0 fully saturated rings. The standard InChI is InChI=1S/C12H15N3S/c1-9-11(7-8-13)16-12(14-9)15-10-5-3-2-4-6-10/h2-6H,7-8,13H2,1H3,(H,14,15). The summed E-state index contributed by atoms with van der Waals surface area (Å²) in [5, 5.41) is 4.23. The number of rotatable bonds is 4. The molecule has 4 heteroatoms. The summed E-state index contributed by atoms with van der Waals surface area (Å²) in [6.07, 6.45) is 0.903. The Balaban J connectivity index is 2.13. The number of thiazole rings is 1. The molecule has 0 atom stereocenters. The smallest absolute Gasteiger partial charge is 0.187 e. The second kappa shape index (κ2) is 5.09. The zero-order valence-electron chi connectivity index (χ0n) is 9.23. The summed E-state index contributed by atoms with van der Waals surface area (Å²) < 4.78 is 0. The summed E-state index contributed by atoms with van der Waals surface area (Å²) in [6, 6.07) is 10.1. The number of nitrogens with zero attached hydrogens (tertiary/aromatic N) is 1. The molecule has 1 heterocycles. The van der Waals surface area contributed by atoms with Crippen LogP contribution < -0.4 is 11.1 Å². The van der Waals surface area contributed by atoms with Gasteiger partial charge in [-0.3, -0.25) is 0 Å². The lowest BCUT2D eigenvalue weighted by molar-refractivity contribution is 0.970. The van der Waals surface area contributed by atoms with Crippen LogP contribution in [0.5, 0.6) is 0 Å². The van der Waals surface area contributed by atoms with E-state index in [1.807, 2.05) is 37.3 Å². The SMILES string of the molecule is Cc1nc(Nc2ccccc2)sc1CCN. The molecule has 3 nitrogen and oxygen atoms in total. The van der Waals surface area contributed by atoms with Crippen LogP contribution in [0.2, 0.25) is 0 Å². The first-order valence-corrected chi connectivity index (χ1v) is 6.09. The zero-order valence-corrected chi connectivity index (χ0v) is 10.1. The molecule has 3 N–H and O–H groups in total. The number of anilines is 2. The van der Waals surface area contributed by atoms with Crippen LogP contribution in [0.3, 0.4) is 0 Å². The predicted molar refractivity (Wildman–Crippen MR) is 69.3 cm³/mol. The molecule has 1 aromatic carbocycles. The van der Waals surface area contributed by atoms with Crippen molar-refractivity contribution >= 4 is 22.2 Å². The summed E-state index contributed by atoms with van der Waals surface area (Å²) in [7, 11) is 0. The van der Waals surface area contributed by atoms with Crippen LogP contribution in [-0.4, -0.2) is 11.5 Å². The quantitative estimate of drug-likeness (QED) is 0.853. The highest BCUT2D eigenvalue weighted by molar-refractivity contribution is 7.15.